The number of ether oxygens (including phenoxy) is 2. The molecule has 0 radical (unpaired) electrons. The van der Waals surface area contributed by atoms with E-state index < -0.39 is 29.8 Å². The Hall–Kier alpha value is -2.25. The number of carbonyl (C=O) groups excluding carboxylic acids is 2. The van der Waals surface area contributed by atoms with Crippen LogP contribution in [0.3, 0.4) is 0 Å². The topological polar surface area (TPSA) is 64.6 Å². The standard InChI is InChI=1S/C16H20F3NO4/c1-5-12(21)13(20-14(22)24-15(2,3)4)10-6-8-11(9-7-10)23-16(17,18)19/h6-9,13H,5H2,1-4H3,(H,20,22). The highest BCUT2D eigenvalue weighted by atomic mass is 19.4. The molecule has 0 saturated heterocycles. The zero-order valence-electron chi connectivity index (χ0n) is 13.9. The molecule has 1 N–H and O–H groups in total. The maximum Gasteiger partial charge on any atom is 0.573 e. The van der Waals surface area contributed by atoms with Gasteiger partial charge in [0.15, 0.2) is 5.78 Å². The molecule has 1 unspecified atom stereocenters. The molecule has 0 aliphatic heterocycles. The molecule has 1 aromatic rings. The fourth-order valence-corrected chi connectivity index (χ4v) is 1.84. The summed E-state index contributed by atoms with van der Waals surface area (Å²) in [6.45, 7) is 6.64. The Morgan fingerprint density at radius 1 is 1.12 bits per heavy atom. The largest absolute Gasteiger partial charge is 0.573 e. The molecule has 134 valence electrons. The number of benzene rings is 1. The van der Waals surface area contributed by atoms with Crippen molar-refractivity contribution in [2.45, 2.75) is 52.1 Å². The fraction of sp³-hybridized carbons (Fsp3) is 0.500. The maximum absolute atomic E-state index is 12.2. The van der Waals surface area contributed by atoms with Crippen molar-refractivity contribution in [1.29, 1.82) is 0 Å². The number of hydrogen-bond acceptors (Lipinski definition) is 4. The van der Waals surface area contributed by atoms with Crippen molar-refractivity contribution in [2.24, 2.45) is 0 Å². The monoisotopic (exact) mass is 347 g/mol. The van der Waals surface area contributed by atoms with Crippen molar-refractivity contribution in [3.63, 3.8) is 0 Å². The van der Waals surface area contributed by atoms with E-state index in [1.807, 2.05) is 0 Å². The van der Waals surface area contributed by atoms with Crippen LogP contribution in [0.15, 0.2) is 24.3 Å². The van der Waals surface area contributed by atoms with Gasteiger partial charge in [0.1, 0.15) is 17.4 Å². The molecule has 0 bridgehead atoms. The van der Waals surface area contributed by atoms with E-state index >= 15 is 0 Å². The molecule has 0 saturated carbocycles. The average molecular weight is 347 g/mol. The van der Waals surface area contributed by atoms with Gasteiger partial charge in [-0.2, -0.15) is 0 Å². The van der Waals surface area contributed by atoms with Gasteiger partial charge >= 0.3 is 12.5 Å². The van der Waals surface area contributed by atoms with E-state index in [2.05, 4.69) is 10.1 Å². The number of amides is 1. The minimum atomic E-state index is -4.80. The summed E-state index contributed by atoms with van der Waals surface area (Å²) in [5.41, 5.74) is -0.406. The Bertz CT molecular complexity index is 576. The lowest BCUT2D eigenvalue weighted by molar-refractivity contribution is -0.274. The van der Waals surface area contributed by atoms with E-state index in [0.29, 0.717) is 5.56 Å². The number of ketones is 1. The number of nitrogens with one attached hydrogen (secondary N) is 1. The predicted octanol–water partition coefficient (Wildman–Crippen LogP) is 4.13. The van der Waals surface area contributed by atoms with E-state index in [-0.39, 0.29) is 12.2 Å². The van der Waals surface area contributed by atoms with Crippen LogP contribution in [0.5, 0.6) is 5.75 Å². The van der Waals surface area contributed by atoms with Crippen molar-refractivity contribution in [2.75, 3.05) is 0 Å². The zero-order valence-corrected chi connectivity index (χ0v) is 13.9. The quantitative estimate of drug-likeness (QED) is 0.870. The van der Waals surface area contributed by atoms with Crippen LogP contribution >= 0.6 is 0 Å². The van der Waals surface area contributed by atoms with Gasteiger partial charge in [-0.05, 0) is 38.5 Å². The van der Waals surface area contributed by atoms with Crippen molar-refractivity contribution >= 4 is 11.9 Å². The smallest absolute Gasteiger partial charge is 0.444 e. The molecule has 1 atom stereocenters. The van der Waals surface area contributed by atoms with Crippen molar-refractivity contribution in [1.82, 2.24) is 5.32 Å². The van der Waals surface area contributed by atoms with Crippen LogP contribution in [0.4, 0.5) is 18.0 Å². The van der Waals surface area contributed by atoms with Crippen molar-refractivity contribution in [3.8, 4) is 5.75 Å². The summed E-state index contributed by atoms with van der Waals surface area (Å²) in [4.78, 5) is 23.9. The number of alkyl carbamates (subject to hydrolysis) is 1. The Balaban J connectivity index is 2.93. The minimum Gasteiger partial charge on any atom is -0.444 e. The summed E-state index contributed by atoms with van der Waals surface area (Å²) in [5.74, 6) is -0.712. The number of hydrogen-bond donors (Lipinski definition) is 1. The lowest BCUT2D eigenvalue weighted by atomic mass is 10.0. The number of rotatable bonds is 5. The molecule has 0 heterocycles. The van der Waals surface area contributed by atoms with Gasteiger partial charge in [-0.25, -0.2) is 4.79 Å². The molecule has 8 heteroatoms. The molecule has 1 rings (SSSR count). The van der Waals surface area contributed by atoms with E-state index in [0.717, 1.165) is 12.1 Å². The molecule has 0 spiro atoms. The second-order valence-electron chi connectivity index (χ2n) is 6.02. The van der Waals surface area contributed by atoms with Crippen molar-refractivity contribution < 1.29 is 32.2 Å². The van der Waals surface area contributed by atoms with Gasteiger partial charge in [-0.1, -0.05) is 19.1 Å². The van der Waals surface area contributed by atoms with Crippen LogP contribution in [-0.4, -0.2) is 23.8 Å². The van der Waals surface area contributed by atoms with Crippen molar-refractivity contribution in [3.05, 3.63) is 29.8 Å². The fourth-order valence-electron chi connectivity index (χ4n) is 1.84. The first-order valence-electron chi connectivity index (χ1n) is 7.29. The number of alkyl halides is 3. The lowest BCUT2D eigenvalue weighted by Gasteiger charge is -2.23. The first-order valence-corrected chi connectivity index (χ1v) is 7.29. The molecule has 5 nitrogen and oxygen atoms in total. The average Bonchev–Trinajstić information content (AvgIpc) is 2.41. The molecular weight excluding hydrogens is 327 g/mol. The van der Waals surface area contributed by atoms with Crippen LogP contribution in [0, 0.1) is 0 Å². The Morgan fingerprint density at radius 3 is 2.08 bits per heavy atom. The van der Waals surface area contributed by atoms with Crippen LogP contribution in [0.25, 0.3) is 0 Å². The Morgan fingerprint density at radius 2 is 1.67 bits per heavy atom. The first-order chi connectivity index (χ1) is 10.9. The van der Waals surface area contributed by atoms with Crippen LogP contribution < -0.4 is 10.1 Å². The molecule has 0 aliphatic carbocycles. The molecule has 0 fully saturated rings. The molecule has 0 aliphatic rings. The van der Waals surface area contributed by atoms with Gasteiger partial charge in [0, 0.05) is 6.42 Å². The summed E-state index contributed by atoms with van der Waals surface area (Å²) in [7, 11) is 0. The summed E-state index contributed by atoms with van der Waals surface area (Å²) < 4.78 is 45.4. The number of carbonyl (C=O) groups is 2. The number of Topliss-reactive ketones (excluding diaryl/α,β-unsaturated/α-hetero) is 1. The van der Waals surface area contributed by atoms with Gasteiger partial charge < -0.3 is 14.8 Å². The van der Waals surface area contributed by atoms with Gasteiger partial charge in [0.05, 0.1) is 0 Å². The summed E-state index contributed by atoms with van der Waals surface area (Å²) >= 11 is 0. The van der Waals surface area contributed by atoms with Gasteiger partial charge in [-0.3, -0.25) is 4.79 Å². The van der Waals surface area contributed by atoms with Gasteiger partial charge in [-0.15, -0.1) is 13.2 Å². The van der Waals surface area contributed by atoms with E-state index in [9.17, 15) is 22.8 Å². The molecule has 1 aromatic carbocycles. The number of halogens is 3. The van der Waals surface area contributed by atoms with Gasteiger partial charge in [0.2, 0.25) is 0 Å². The summed E-state index contributed by atoms with van der Waals surface area (Å²) in [6.07, 6.45) is -5.44. The Labute approximate surface area is 138 Å². The van der Waals surface area contributed by atoms with E-state index in [4.69, 9.17) is 4.74 Å². The Kier molecular flexibility index (Phi) is 6.22. The third-order valence-corrected chi connectivity index (χ3v) is 2.78. The molecule has 24 heavy (non-hydrogen) atoms. The second kappa shape index (κ2) is 7.55. The highest BCUT2D eigenvalue weighted by Crippen LogP contribution is 2.25. The lowest BCUT2D eigenvalue weighted by Crippen LogP contribution is -2.38. The van der Waals surface area contributed by atoms with Crippen LogP contribution in [0.1, 0.15) is 45.7 Å². The first kappa shape index (κ1) is 19.8. The summed E-state index contributed by atoms with van der Waals surface area (Å²) in [6, 6.07) is 3.73. The normalized spacial score (nSPS) is 13.1. The van der Waals surface area contributed by atoms with E-state index in [1.54, 1.807) is 27.7 Å². The third-order valence-electron chi connectivity index (χ3n) is 2.78. The highest BCUT2D eigenvalue weighted by Gasteiger charge is 2.31. The predicted molar refractivity (Wildman–Crippen MR) is 80.5 cm³/mol. The molecular formula is C16H20F3NO4. The van der Waals surface area contributed by atoms with Crippen LogP contribution in [-0.2, 0) is 9.53 Å². The van der Waals surface area contributed by atoms with Gasteiger partial charge in [0.25, 0.3) is 0 Å². The maximum atomic E-state index is 12.2. The van der Waals surface area contributed by atoms with E-state index in [1.165, 1.54) is 12.1 Å². The highest BCUT2D eigenvalue weighted by molar-refractivity contribution is 5.88. The SMILES string of the molecule is CCC(=O)C(NC(=O)OC(C)(C)C)c1ccc(OC(F)(F)F)cc1. The van der Waals surface area contributed by atoms with Crippen LogP contribution in [0.2, 0.25) is 0 Å². The minimum absolute atomic E-state index is 0.140. The zero-order chi connectivity index (χ0) is 18.5. The third kappa shape index (κ3) is 6.89. The summed E-state index contributed by atoms with van der Waals surface area (Å²) in [5, 5.41) is 2.43. The molecule has 0 aromatic heterocycles. The molecule has 1 amide bonds. The second-order valence-corrected chi connectivity index (χ2v) is 6.02.